The minimum atomic E-state index is 0.205. The molecule has 5 aromatic rings. The highest BCUT2D eigenvalue weighted by Gasteiger charge is 2.28. The number of anilines is 1. The van der Waals surface area contributed by atoms with Gasteiger partial charge in [0.25, 0.3) is 0 Å². The van der Waals surface area contributed by atoms with Crippen molar-refractivity contribution in [1.29, 1.82) is 0 Å². The number of rotatable bonds is 4. The van der Waals surface area contributed by atoms with Crippen LogP contribution in [0.2, 0.25) is 0 Å². The lowest BCUT2D eigenvalue weighted by Gasteiger charge is -2.31. The molecule has 7 nitrogen and oxygen atoms in total. The molecule has 8 heteroatoms. The lowest BCUT2D eigenvalue weighted by atomic mass is 9.95. The van der Waals surface area contributed by atoms with Gasteiger partial charge < -0.3 is 15.6 Å². The SMILES string of the molecule is Nc1nccn2c(C3CCN(C(=O)Cc4cccs4)CC3)nc(-c3cc4ccccc4[nH]3)c12. The van der Waals surface area contributed by atoms with E-state index in [1.165, 1.54) is 0 Å². The summed E-state index contributed by atoms with van der Waals surface area (Å²) in [5.41, 5.74) is 9.97. The molecular weight excluding hydrogens is 432 g/mol. The summed E-state index contributed by atoms with van der Waals surface area (Å²) in [6, 6.07) is 14.3. The van der Waals surface area contributed by atoms with E-state index in [9.17, 15) is 4.79 Å². The molecule has 1 fully saturated rings. The number of carbonyl (C=O) groups is 1. The maximum Gasteiger partial charge on any atom is 0.227 e. The van der Waals surface area contributed by atoms with Crippen LogP contribution >= 0.6 is 11.3 Å². The van der Waals surface area contributed by atoms with Gasteiger partial charge in [-0.3, -0.25) is 9.20 Å². The fourth-order valence-corrected chi connectivity index (χ4v) is 5.52. The van der Waals surface area contributed by atoms with Crippen molar-refractivity contribution in [2.75, 3.05) is 18.8 Å². The van der Waals surface area contributed by atoms with E-state index in [1.807, 2.05) is 40.7 Å². The molecule has 1 amide bonds. The van der Waals surface area contributed by atoms with Crippen molar-refractivity contribution in [2.45, 2.75) is 25.2 Å². The summed E-state index contributed by atoms with van der Waals surface area (Å²) in [7, 11) is 0. The first kappa shape index (κ1) is 20.0. The molecule has 6 rings (SSSR count). The maximum absolute atomic E-state index is 12.7. The zero-order valence-electron chi connectivity index (χ0n) is 18.1. The number of likely N-dealkylation sites (tertiary alicyclic amines) is 1. The molecule has 0 saturated carbocycles. The number of H-pyrrole nitrogens is 1. The second-order valence-electron chi connectivity index (χ2n) is 8.53. The van der Waals surface area contributed by atoms with Crippen molar-refractivity contribution in [3.8, 4) is 11.4 Å². The van der Waals surface area contributed by atoms with Crippen molar-refractivity contribution in [3.63, 3.8) is 0 Å². The van der Waals surface area contributed by atoms with E-state index in [0.717, 1.165) is 64.4 Å². The Labute approximate surface area is 194 Å². The summed E-state index contributed by atoms with van der Waals surface area (Å²) in [6.45, 7) is 1.48. The number of benzene rings is 1. The number of imidazole rings is 1. The Morgan fingerprint density at radius 1 is 1.18 bits per heavy atom. The molecule has 1 aliphatic heterocycles. The Morgan fingerprint density at radius 2 is 2.03 bits per heavy atom. The topological polar surface area (TPSA) is 92.3 Å². The molecule has 1 aromatic carbocycles. The average molecular weight is 457 g/mol. The van der Waals surface area contributed by atoms with Crippen LogP contribution in [0.5, 0.6) is 0 Å². The van der Waals surface area contributed by atoms with Crippen LogP contribution < -0.4 is 5.73 Å². The monoisotopic (exact) mass is 456 g/mol. The van der Waals surface area contributed by atoms with Crippen molar-refractivity contribution < 1.29 is 4.79 Å². The molecule has 1 saturated heterocycles. The highest BCUT2D eigenvalue weighted by Crippen LogP contribution is 2.35. The molecule has 0 spiro atoms. The van der Waals surface area contributed by atoms with Crippen molar-refractivity contribution in [2.24, 2.45) is 0 Å². The molecule has 0 aliphatic carbocycles. The van der Waals surface area contributed by atoms with Crippen LogP contribution in [0.1, 0.15) is 29.5 Å². The van der Waals surface area contributed by atoms with Gasteiger partial charge in [-0.2, -0.15) is 0 Å². The second-order valence-corrected chi connectivity index (χ2v) is 9.56. The Kier molecular flexibility index (Phi) is 4.87. The number of para-hydroxylation sites is 1. The van der Waals surface area contributed by atoms with Crippen LogP contribution in [-0.4, -0.2) is 43.2 Å². The summed E-state index contributed by atoms with van der Waals surface area (Å²) in [5.74, 6) is 1.91. The number of hydrogen-bond donors (Lipinski definition) is 2. The quantitative estimate of drug-likeness (QED) is 0.417. The largest absolute Gasteiger partial charge is 0.382 e. The smallest absolute Gasteiger partial charge is 0.227 e. The van der Waals surface area contributed by atoms with Crippen molar-refractivity contribution in [1.82, 2.24) is 24.3 Å². The molecular formula is C25H24N6OS. The van der Waals surface area contributed by atoms with Crippen molar-refractivity contribution in [3.05, 3.63) is 70.9 Å². The second kappa shape index (κ2) is 8.04. The Hall–Kier alpha value is -3.65. The normalized spacial score (nSPS) is 15.0. The fraction of sp³-hybridized carbons (Fsp3) is 0.240. The predicted octanol–water partition coefficient (Wildman–Crippen LogP) is 4.47. The predicted molar refractivity (Wildman–Crippen MR) is 131 cm³/mol. The zero-order valence-corrected chi connectivity index (χ0v) is 18.9. The minimum absolute atomic E-state index is 0.205. The summed E-state index contributed by atoms with van der Waals surface area (Å²) in [6.07, 6.45) is 5.91. The Morgan fingerprint density at radius 3 is 2.82 bits per heavy atom. The summed E-state index contributed by atoms with van der Waals surface area (Å²) >= 11 is 1.64. The number of fused-ring (bicyclic) bond motifs is 2. The number of amides is 1. The molecule has 3 N–H and O–H groups in total. The van der Waals surface area contributed by atoms with E-state index in [4.69, 9.17) is 10.7 Å². The molecule has 0 unspecified atom stereocenters. The van der Waals surface area contributed by atoms with Crippen LogP contribution in [0.4, 0.5) is 5.82 Å². The lowest BCUT2D eigenvalue weighted by molar-refractivity contribution is -0.131. The molecule has 0 bridgehead atoms. The Balaban J connectivity index is 1.30. The summed E-state index contributed by atoms with van der Waals surface area (Å²) < 4.78 is 2.08. The van der Waals surface area contributed by atoms with Gasteiger partial charge in [-0.25, -0.2) is 9.97 Å². The molecule has 0 atom stereocenters. The van der Waals surface area contributed by atoms with Crippen LogP contribution in [0.15, 0.2) is 60.2 Å². The Bertz CT molecular complexity index is 1410. The molecule has 33 heavy (non-hydrogen) atoms. The molecule has 166 valence electrons. The number of aromatic nitrogens is 4. The average Bonchev–Trinajstić information content (AvgIpc) is 3.57. The van der Waals surface area contributed by atoms with E-state index >= 15 is 0 Å². The molecule has 1 aliphatic rings. The van der Waals surface area contributed by atoms with Crippen LogP contribution in [0, 0.1) is 0 Å². The number of aromatic amines is 1. The van der Waals surface area contributed by atoms with Gasteiger partial charge in [0.2, 0.25) is 5.91 Å². The third-order valence-corrected chi connectivity index (χ3v) is 7.39. The lowest BCUT2D eigenvalue weighted by Crippen LogP contribution is -2.39. The first-order valence-corrected chi connectivity index (χ1v) is 12.1. The van der Waals surface area contributed by atoms with Gasteiger partial charge in [0.15, 0.2) is 0 Å². The van der Waals surface area contributed by atoms with Crippen molar-refractivity contribution >= 4 is 39.5 Å². The van der Waals surface area contributed by atoms with Gasteiger partial charge in [0, 0.05) is 47.2 Å². The number of carbonyl (C=O) groups excluding carboxylic acids is 1. The standard InChI is InChI=1S/C25H24N6OS/c26-24-23-22(20-14-17-4-1-2-6-19(17)28-20)29-25(31(23)12-9-27-24)16-7-10-30(11-8-16)21(32)15-18-5-3-13-33-18/h1-6,9,12-14,16,28H,7-8,10-11,15H2,(H2,26,27). The number of nitrogens with zero attached hydrogens (tertiary/aromatic N) is 4. The van der Waals surface area contributed by atoms with E-state index in [0.29, 0.717) is 12.2 Å². The summed E-state index contributed by atoms with van der Waals surface area (Å²) in [5, 5.41) is 3.15. The minimum Gasteiger partial charge on any atom is -0.382 e. The van der Waals surface area contributed by atoms with Crippen LogP contribution in [0.3, 0.4) is 0 Å². The molecule has 5 heterocycles. The number of thiophene rings is 1. The van der Waals surface area contributed by atoms with E-state index in [-0.39, 0.29) is 11.8 Å². The number of nitrogens with two attached hydrogens (primary N) is 1. The zero-order chi connectivity index (χ0) is 22.4. The third kappa shape index (κ3) is 3.56. The first-order valence-electron chi connectivity index (χ1n) is 11.2. The van der Waals surface area contributed by atoms with Crippen LogP contribution in [-0.2, 0) is 11.2 Å². The van der Waals surface area contributed by atoms with Gasteiger partial charge >= 0.3 is 0 Å². The van der Waals surface area contributed by atoms with Gasteiger partial charge in [-0.15, -0.1) is 11.3 Å². The van der Waals surface area contributed by atoms with E-state index in [1.54, 1.807) is 17.5 Å². The van der Waals surface area contributed by atoms with Crippen LogP contribution in [0.25, 0.3) is 27.8 Å². The summed E-state index contributed by atoms with van der Waals surface area (Å²) in [4.78, 5) is 28.7. The number of piperidine rings is 1. The first-order chi connectivity index (χ1) is 16.2. The number of nitrogens with one attached hydrogen (secondary N) is 1. The third-order valence-electron chi connectivity index (χ3n) is 6.51. The van der Waals surface area contributed by atoms with Gasteiger partial charge in [0.05, 0.1) is 12.1 Å². The highest BCUT2D eigenvalue weighted by atomic mass is 32.1. The van der Waals surface area contributed by atoms with E-state index in [2.05, 4.69) is 32.6 Å². The molecule has 4 aromatic heterocycles. The number of hydrogen-bond acceptors (Lipinski definition) is 5. The van der Waals surface area contributed by atoms with Gasteiger partial charge in [-0.1, -0.05) is 24.3 Å². The highest BCUT2D eigenvalue weighted by molar-refractivity contribution is 7.10. The fourth-order valence-electron chi connectivity index (χ4n) is 4.82. The van der Waals surface area contributed by atoms with Gasteiger partial charge in [-0.05, 0) is 36.4 Å². The molecule has 0 radical (unpaired) electrons. The number of nitrogen functional groups attached to an aromatic ring is 1. The van der Waals surface area contributed by atoms with E-state index < -0.39 is 0 Å². The van der Waals surface area contributed by atoms with Gasteiger partial charge in [0.1, 0.15) is 22.9 Å². The maximum atomic E-state index is 12.7.